The van der Waals surface area contributed by atoms with Crippen molar-refractivity contribution < 1.29 is 24.1 Å². The SMILES string of the molecule is CCOCCCOCCNCCOCCC(=O)O. The zero-order valence-electron chi connectivity index (χ0n) is 11.2. The van der Waals surface area contributed by atoms with Gasteiger partial charge in [-0.2, -0.15) is 0 Å². The molecular formula is C12H25NO5. The minimum absolute atomic E-state index is 0.0585. The normalized spacial score (nSPS) is 10.7. The molecule has 6 heteroatoms. The average Bonchev–Trinajstić information content (AvgIpc) is 2.34. The fourth-order valence-corrected chi connectivity index (χ4v) is 1.18. The van der Waals surface area contributed by atoms with Crippen LogP contribution in [0, 0.1) is 0 Å². The number of hydrogen-bond acceptors (Lipinski definition) is 5. The molecule has 0 fully saturated rings. The van der Waals surface area contributed by atoms with Gasteiger partial charge in [-0.1, -0.05) is 0 Å². The molecule has 0 spiro atoms. The van der Waals surface area contributed by atoms with Crippen LogP contribution >= 0.6 is 0 Å². The largest absolute Gasteiger partial charge is 0.481 e. The van der Waals surface area contributed by atoms with Crippen molar-refractivity contribution in [2.45, 2.75) is 19.8 Å². The maximum absolute atomic E-state index is 10.2. The van der Waals surface area contributed by atoms with Gasteiger partial charge in [0.25, 0.3) is 0 Å². The molecule has 0 aromatic heterocycles. The fraction of sp³-hybridized carbons (Fsp3) is 0.917. The third kappa shape index (κ3) is 15.3. The topological polar surface area (TPSA) is 77.0 Å². The molecule has 0 bridgehead atoms. The van der Waals surface area contributed by atoms with Gasteiger partial charge < -0.3 is 24.6 Å². The highest BCUT2D eigenvalue weighted by atomic mass is 16.5. The van der Waals surface area contributed by atoms with Gasteiger partial charge in [0, 0.05) is 32.9 Å². The first-order valence-corrected chi connectivity index (χ1v) is 6.43. The smallest absolute Gasteiger partial charge is 0.305 e. The van der Waals surface area contributed by atoms with Crippen LogP contribution in [-0.2, 0) is 19.0 Å². The second-order valence-corrected chi connectivity index (χ2v) is 3.67. The maximum atomic E-state index is 10.2. The van der Waals surface area contributed by atoms with E-state index in [0.29, 0.717) is 19.8 Å². The van der Waals surface area contributed by atoms with Crippen LogP contribution in [0.1, 0.15) is 19.8 Å². The first-order valence-electron chi connectivity index (χ1n) is 6.43. The molecular weight excluding hydrogens is 238 g/mol. The molecule has 0 saturated heterocycles. The van der Waals surface area contributed by atoms with E-state index in [1.807, 2.05) is 6.92 Å². The van der Waals surface area contributed by atoms with Crippen molar-refractivity contribution >= 4 is 5.97 Å². The molecule has 0 aromatic rings. The lowest BCUT2D eigenvalue weighted by Gasteiger charge is -2.06. The highest BCUT2D eigenvalue weighted by Crippen LogP contribution is 1.84. The van der Waals surface area contributed by atoms with E-state index in [1.54, 1.807) is 0 Å². The first kappa shape index (κ1) is 17.3. The summed E-state index contributed by atoms with van der Waals surface area (Å²) in [6.07, 6.45) is 0.981. The lowest BCUT2D eigenvalue weighted by molar-refractivity contribution is -0.138. The Kier molecular flexibility index (Phi) is 13.8. The molecule has 2 N–H and O–H groups in total. The Labute approximate surface area is 109 Å². The van der Waals surface area contributed by atoms with E-state index in [4.69, 9.17) is 19.3 Å². The number of ether oxygens (including phenoxy) is 3. The predicted molar refractivity (Wildman–Crippen MR) is 67.9 cm³/mol. The zero-order chi connectivity index (χ0) is 13.5. The molecule has 0 aliphatic carbocycles. The molecule has 0 atom stereocenters. The number of hydrogen-bond donors (Lipinski definition) is 2. The van der Waals surface area contributed by atoms with Crippen molar-refractivity contribution in [2.24, 2.45) is 0 Å². The van der Waals surface area contributed by atoms with Crippen molar-refractivity contribution in [3.63, 3.8) is 0 Å². The highest BCUT2D eigenvalue weighted by Gasteiger charge is 1.95. The van der Waals surface area contributed by atoms with E-state index < -0.39 is 5.97 Å². The van der Waals surface area contributed by atoms with E-state index in [-0.39, 0.29) is 13.0 Å². The Hall–Kier alpha value is -0.690. The summed E-state index contributed by atoms with van der Waals surface area (Å²) in [5.74, 6) is -0.830. The summed E-state index contributed by atoms with van der Waals surface area (Å²) in [4.78, 5) is 10.2. The summed E-state index contributed by atoms with van der Waals surface area (Å²) in [5.41, 5.74) is 0. The van der Waals surface area contributed by atoms with Crippen LogP contribution < -0.4 is 5.32 Å². The second-order valence-electron chi connectivity index (χ2n) is 3.67. The van der Waals surface area contributed by atoms with Crippen molar-refractivity contribution in [2.75, 3.05) is 52.7 Å². The number of rotatable bonds is 14. The van der Waals surface area contributed by atoms with Gasteiger partial charge in [0.15, 0.2) is 0 Å². The van der Waals surface area contributed by atoms with Crippen LogP contribution in [-0.4, -0.2) is 63.8 Å². The van der Waals surface area contributed by atoms with Crippen LogP contribution in [0.4, 0.5) is 0 Å². The zero-order valence-corrected chi connectivity index (χ0v) is 11.2. The van der Waals surface area contributed by atoms with E-state index in [0.717, 1.165) is 32.8 Å². The fourth-order valence-electron chi connectivity index (χ4n) is 1.18. The van der Waals surface area contributed by atoms with Crippen LogP contribution in [0.3, 0.4) is 0 Å². The molecule has 0 amide bonds. The van der Waals surface area contributed by atoms with Crippen molar-refractivity contribution in [1.82, 2.24) is 5.32 Å². The molecule has 108 valence electrons. The molecule has 0 unspecified atom stereocenters. The molecule has 0 rings (SSSR count). The predicted octanol–water partition coefficient (Wildman–Crippen LogP) is 0.511. The van der Waals surface area contributed by atoms with Crippen LogP contribution in [0.15, 0.2) is 0 Å². The monoisotopic (exact) mass is 263 g/mol. The lowest BCUT2D eigenvalue weighted by atomic mass is 10.5. The van der Waals surface area contributed by atoms with Crippen molar-refractivity contribution in [3.05, 3.63) is 0 Å². The summed E-state index contributed by atoms with van der Waals surface area (Å²) in [5, 5.41) is 11.5. The number of carboxylic acid groups (broad SMARTS) is 1. The van der Waals surface area contributed by atoms with E-state index in [1.165, 1.54) is 0 Å². The maximum Gasteiger partial charge on any atom is 0.305 e. The molecule has 0 aliphatic rings. The van der Waals surface area contributed by atoms with Gasteiger partial charge in [0.2, 0.25) is 0 Å². The molecule has 6 nitrogen and oxygen atoms in total. The van der Waals surface area contributed by atoms with Crippen LogP contribution in [0.2, 0.25) is 0 Å². The first-order chi connectivity index (χ1) is 8.77. The minimum atomic E-state index is -0.830. The Morgan fingerprint density at radius 3 is 2.22 bits per heavy atom. The Morgan fingerprint density at radius 2 is 1.61 bits per heavy atom. The molecule has 0 aromatic carbocycles. The summed E-state index contributed by atoms with van der Waals surface area (Å²) in [6, 6.07) is 0. The van der Waals surface area contributed by atoms with Gasteiger partial charge in [-0.3, -0.25) is 4.79 Å². The quantitative estimate of drug-likeness (QED) is 0.445. The third-order valence-electron chi connectivity index (χ3n) is 2.09. The lowest BCUT2D eigenvalue weighted by Crippen LogP contribution is -2.24. The summed E-state index contributed by atoms with van der Waals surface area (Å²) >= 11 is 0. The van der Waals surface area contributed by atoms with Crippen molar-refractivity contribution in [1.29, 1.82) is 0 Å². The van der Waals surface area contributed by atoms with Gasteiger partial charge in [-0.15, -0.1) is 0 Å². The average molecular weight is 263 g/mol. The molecule has 0 heterocycles. The Morgan fingerprint density at radius 1 is 1.00 bits per heavy atom. The third-order valence-corrected chi connectivity index (χ3v) is 2.09. The number of carboxylic acids is 1. The van der Waals surface area contributed by atoms with Crippen LogP contribution in [0.5, 0.6) is 0 Å². The molecule has 0 radical (unpaired) electrons. The standard InChI is InChI=1S/C12H25NO5/c1-2-16-7-3-8-17-10-5-13-6-11-18-9-4-12(14)15/h13H,2-11H2,1H3,(H,14,15). The van der Waals surface area contributed by atoms with Crippen molar-refractivity contribution in [3.8, 4) is 0 Å². The Bertz CT molecular complexity index is 189. The van der Waals surface area contributed by atoms with Gasteiger partial charge >= 0.3 is 5.97 Å². The number of carbonyl (C=O) groups is 1. The Balaban J connectivity index is 2.92. The number of aliphatic carboxylic acids is 1. The van der Waals surface area contributed by atoms with E-state index >= 15 is 0 Å². The van der Waals surface area contributed by atoms with E-state index in [2.05, 4.69) is 5.32 Å². The minimum Gasteiger partial charge on any atom is -0.481 e. The van der Waals surface area contributed by atoms with Gasteiger partial charge in [-0.25, -0.2) is 0 Å². The number of nitrogens with one attached hydrogen (secondary N) is 1. The van der Waals surface area contributed by atoms with Crippen LogP contribution in [0.25, 0.3) is 0 Å². The van der Waals surface area contributed by atoms with Gasteiger partial charge in [0.1, 0.15) is 0 Å². The highest BCUT2D eigenvalue weighted by molar-refractivity contribution is 5.66. The summed E-state index contributed by atoms with van der Waals surface area (Å²) in [6.45, 7) is 7.15. The molecule has 18 heavy (non-hydrogen) atoms. The molecule has 0 saturated carbocycles. The summed E-state index contributed by atoms with van der Waals surface area (Å²) in [7, 11) is 0. The molecule has 0 aliphatic heterocycles. The summed E-state index contributed by atoms with van der Waals surface area (Å²) < 4.78 is 15.7. The second kappa shape index (κ2) is 14.4. The van der Waals surface area contributed by atoms with Gasteiger partial charge in [0.05, 0.1) is 26.2 Å². The van der Waals surface area contributed by atoms with Gasteiger partial charge in [-0.05, 0) is 13.3 Å². The van der Waals surface area contributed by atoms with E-state index in [9.17, 15) is 4.79 Å².